The van der Waals surface area contributed by atoms with Gasteiger partial charge in [0.1, 0.15) is 0 Å². The highest BCUT2D eigenvalue weighted by molar-refractivity contribution is 5.88. The molecule has 0 aromatic heterocycles. The molecule has 0 atom stereocenters. The van der Waals surface area contributed by atoms with E-state index >= 15 is 0 Å². The fourth-order valence-electron chi connectivity index (χ4n) is 3.47. The van der Waals surface area contributed by atoms with E-state index in [-0.39, 0.29) is 24.7 Å². The van der Waals surface area contributed by atoms with Crippen molar-refractivity contribution in [2.24, 2.45) is 10.2 Å². The van der Waals surface area contributed by atoms with Crippen molar-refractivity contribution < 1.29 is 9.59 Å². The van der Waals surface area contributed by atoms with Gasteiger partial charge in [-0.3, -0.25) is 9.59 Å². The molecule has 30 heavy (non-hydrogen) atoms. The third-order valence-corrected chi connectivity index (χ3v) is 4.82. The summed E-state index contributed by atoms with van der Waals surface area (Å²) in [6.07, 6.45) is 3.34. The quantitative estimate of drug-likeness (QED) is 0.540. The maximum absolute atomic E-state index is 11.9. The number of benzene rings is 2. The largest absolute Gasteiger partial charge is 0.273 e. The molecular weight excluding hydrogens is 376 g/mol. The lowest BCUT2D eigenvalue weighted by molar-refractivity contribution is -0.126. The summed E-state index contributed by atoms with van der Waals surface area (Å²) in [6.45, 7) is 12.1. The van der Waals surface area contributed by atoms with E-state index in [4.69, 9.17) is 0 Å². The second-order valence-corrected chi connectivity index (χ2v) is 7.71. The van der Waals surface area contributed by atoms with E-state index in [9.17, 15) is 9.59 Å². The number of rotatable bonds is 7. The minimum atomic E-state index is -0.321. The Morgan fingerprint density at radius 3 is 1.27 bits per heavy atom. The summed E-state index contributed by atoms with van der Waals surface area (Å²) in [4.78, 5) is 23.9. The highest BCUT2D eigenvalue weighted by atomic mass is 16.2. The van der Waals surface area contributed by atoms with Gasteiger partial charge in [-0.15, -0.1) is 0 Å². The first-order valence-corrected chi connectivity index (χ1v) is 9.97. The molecule has 6 nitrogen and oxygen atoms in total. The van der Waals surface area contributed by atoms with E-state index in [1.807, 2.05) is 41.5 Å². The number of hydrogen-bond acceptors (Lipinski definition) is 4. The van der Waals surface area contributed by atoms with Crippen molar-refractivity contribution in [3.8, 4) is 0 Å². The van der Waals surface area contributed by atoms with Crippen LogP contribution in [-0.2, 0) is 9.59 Å². The monoisotopic (exact) mass is 406 g/mol. The van der Waals surface area contributed by atoms with Gasteiger partial charge in [-0.05, 0) is 63.8 Å². The van der Waals surface area contributed by atoms with Crippen molar-refractivity contribution in [2.75, 3.05) is 0 Å². The second-order valence-electron chi connectivity index (χ2n) is 7.71. The molecule has 0 heterocycles. The molecule has 0 fully saturated rings. The number of nitrogens with one attached hydrogen (secondary N) is 2. The fraction of sp³-hybridized carbons (Fsp3) is 0.333. The smallest absolute Gasteiger partial charge is 0.240 e. The van der Waals surface area contributed by atoms with Crippen LogP contribution in [0.1, 0.15) is 57.3 Å². The molecule has 0 aliphatic carbocycles. The average molecular weight is 407 g/mol. The average Bonchev–Trinajstić information content (AvgIpc) is 2.64. The van der Waals surface area contributed by atoms with E-state index < -0.39 is 0 Å². The van der Waals surface area contributed by atoms with Gasteiger partial charge in [0.15, 0.2) is 0 Å². The van der Waals surface area contributed by atoms with Crippen LogP contribution in [0.15, 0.2) is 34.5 Å². The van der Waals surface area contributed by atoms with E-state index in [2.05, 4.69) is 45.3 Å². The van der Waals surface area contributed by atoms with Crippen LogP contribution in [0.2, 0.25) is 0 Å². The SMILES string of the molecule is Cc1cc(C)c(/C=N\NC(=O)CCC(=O)N/N=C/c2c(C)cc(C)cc2C)c(C)c1. The van der Waals surface area contributed by atoms with Gasteiger partial charge in [0.25, 0.3) is 0 Å². The summed E-state index contributed by atoms with van der Waals surface area (Å²) in [7, 11) is 0. The molecule has 2 aromatic rings. The van der Waals surface area contributed by atoms with Gasteiger partial charge in [-0.1, -0.05) is 35.4 Å². The Balaban J connectivity index is 1.80. The van der Waals surface area contributed by atoms with Gasteiger partial charge >= 0.3 is 0 Å². The highest BCUT2D eigenvalue weighted by Crippen LogP contribution is 2.15. The second kappa shape index (κ2) is 10.5. The molecule has 6 heteroatoms. The van der Waals surface area contributed by atoms with Crippen LogP contribution >= 0.6 is 0 Å². The lowest BCUT2D eigenvalue weighted by Gasteiger charge is -2.07. The molecule has 158 valence electrons. The predicted molar refractivity (Wildman–Crippen MR) is 122 cm³/mol. The minimum Gasteiger partial charge on any atom is -0.273 e. The lowest BCUT2D eigenvalue weighted by atomic mass is 10.0. The fourth-order valence-corrected chi connectivity index (χ4v) is 3.47. The molecule has 2 N–H and O–H groups in total. The van der Waals surface area contributed by atoms with Gasteiger partial charge in [0, 0.05) is 24.0 Å². The Labute approximate surface area is 178 Å². The van der Waals surface area contributed by atoms with Crippen molar-refractivity contribution in [3.63, 3.8) is 0 Å². The Morgan fingerprint density at radius 1 is 0.667 bits per heavy atom. The number of aryl methyl sites for hydroxylation is 6. The number of nitrogens with zero attached hydrogens (tertiary/aromatic N) is 2. The first-order valence-electron chi connectivity index (χ1n) is 9.97. The number of hydrazone groups is 2. The molecule has 0 unspecified atom stereocenters. The molecule has 0 radical (unpaired) electrons. The minimum absolute atomic E-state index is 0.0349. The maximum Gasteiger partial charge on any atom is 0.240 e. The van der Waals surface area contributed by atoms with Crippen LogP contribution in [0.3, 0.4) is 0 Å². The van der Waals surface area contributed by atoms with Crippen molar-refractivity contribution in [1.82, 2.24) is 10.9 Å². The lowest BCUT2D eigenvalue weighted by Crippen LogP contribution is -2.23. The van der Waals surface area contributed by atoms with Gasteiger partial charge in [-0.2, -0.15) is 10.2 Å². The first-order chi connectivity index (χ1) is 14.2. The van der Waals surface area contributed by atoms with Gasteiger partial charge < -0.3 is 0 Å². The van der Waals surface area contributed by atoms with Crippen LogP contribution in [0.25, 0.3) is 0 Å². The summed E-state index contributed by atoms with van der Waals surface area (Å²) in [5.41, 5.74) is 13.7. The van der Waals surface area contributed by atoms with E-state index in [0.29, 0.717) is 0 Å². The number of amides is 2. The third-order valence-electron chi connectivity index (χ3n) is 4.82. The Hall–Kier alpha value is -3.28. The molecule has 0 spiro atoms. The molecule has 0 saturated carbocycles. The molecule has 0 bridgehead atoms. The van der Waals surface area contributed by atoms with Crippen LogP contribution in [0.4, 0.5) is 0 Å². The Morgan fingerprint density at radius 2 is 0.967 bits per heavy atom. The topological polar surface area (TPSA) is 82.9 Å². The zero-order valence-electron chi connectivity index (χ0n) is 18.6. The first kappa shape index (κ1) is 23.0. The van der Waals surface area contributed by atoms with E-state index in [1.54, 1.807) is 12.4 Å². The zero-order valence-corrected chi connectivity index (χ0v) is 18.6. The summed E-state index contributed by atoms with van der Waals surface area (Å²) in [5, 5.41) is 8.03. The van der Waals surface area contributed by atoms with Crippen LogP contribution in [0.5, 0.6) is 0 Å². The highest BCUT2D eigenvalue weighted by Gasteiger charge is 2.07. The summed E-state index contributed by atoms with van der Waals surface area (Å²) in [6, 6.07) is 8.28. The number of carbonyl (C=O) groups excluding carboxylic acids is 2. The Bertz CT molecular complexity index is 879. The normalized spacial score (nSPS) is 11.3. The number of hydrogen-bond donors (Lipinski definition) is 2. The van der Waals surface area contributed by atoms with Crippen LogP contribution < -0.4 is 10.9 Å². The standard InChI is InChI=1S/C24H30N4O2/c1-15-9-17(3)21(18(4)10-15)13-25-27-23(29)7-8-24(30)28-26-14-22-19(5)11-16(2)12-20(22)6/h9-14H,7-8H2,1-6H3,(H,27,29)(H,28,30)/b25-13-,26-14+. The van der Waals surface area contributed by atoms with Gasteiger partial charge in [0.2, 0.25) is 11.8 Å². The van der Waals surface area contributed by atoms with Crippen molar-refractivity contribution >= 4 is 24.2 Å². The van der Waals surface area contributed by atoms with E-state index in [1.165, 1.54) is 11.1 Å². The molecule has 0 saturated heterocycles. The maximum atomic E-state index is 11.9. The molecule has 0 aliphatic heterocycles. The van der Waals surface area contributed by atoms with Gasteiger partial charge in [-0.25, -0.2) is 10.9 Å². The summed E-state index contributed by atoms with van der Waals surface area (Å²) >= 11 is 0. The zero-order chi connectivity index (χ0) is 22.3. The molecule has 2 aromatic carbocycles. The predicted octanol–water partition coefficient (Wildman–Crippen LogP) is 3.92. The summed E-state index contributed by atoms with van der Waals surface area (Å²) < 4.78 is 0. The van der Waals surface area contributed by atoms with Crippen LogP contribution in [-0.4, -0.2) is 24.2 Å². The molecule has 2 amide bonds. The molecular formula is C24H30N4O2. The van der Waals surface area contributed by atoms with Crippen molar-refractivity contribution in [3.05, 3.63) is 68.8 Å². The summed E-state index contributed by atoms with van der Waals surface area (Å²) in [5.74, 6) is -0.643. The van der Waals surface area contributed by atoms with Crippen LogP contribution in [0, 0.1) is 41.5 Å². The Kier molecular flexibility index (Phi) is 8.04. The van der Waals surface area contributed by atoms with E-state index in [0.717, 1.165) is 33.4 Å². The van der Waals surface area contributed by atoms with Crippen molar-refractivity contribution in [1.29, 1.82) is 0 Å². The van der Waals surface area contributed by atoms with Crippen molar-refractivity contribution in [2.45, 2.75) is 54.4 Å². The number of carbonyl (C=O) groups is 2. The van der Waals surface area contributed by atoms with Gasteiger partial charge in [0.05, 0.1) is 12.4 Å². The third kappa shape index (κ3) is 6.65. The molecule has 2 rings (SSSR count). The molecule has 0 aliphatic rings.